The molecule has 1 unspecified atom stereocenters. The Morgan fingerprint density at radius 1 is 1.37 bits per heavy atom. The zero-order valence-corrected chi connectivity index (χ0v) is 14.1. The fourth-order valence-corrected chi connectivity index (χ4v) is 3.19. The maximum Gasteiger partial charge on any atom is 0.401 e. The molecular formula is C16H16F3N7O. The third kappa shape index (κ3) is 3.77. The quantitative estimate of drug-likeness (QED) is 0.717. The molecule has 3 aromatic heterocycles. The number of rotatable bonds is 4. The average molecular weight is 379 g/mol. The fourth-order valence-electron chi connectivity index (χ4n) is 3.19. The van der Waals surface area contributed by atoms with E-state index in [1.165, 1.54) is 11.2 Å². The van der Waals surface area contributed by atoms with Gasteiger partial charge in [0, 0.05) is 37.7 Å². The second kappa shape index (κ2) is 6.65. The van der Waals surface area contributed by atoms with Crippen molar-refractivity contribution in [2.75, 3.05) is 19.6 Å². The largest absolute Gasteiger partial charge is 0.401 e. The predicted molar refractivity (Wildman–Crippen MR) is 89.4 cm³/mol. The van der Waals surface area contributed by atoms with Crippen molar-refractivity contribution in [2.45, 2.75) is 18.6 Å². The summed E-state index contributed by atoms with van der Waals surface area (Å²) < 4.78 is 39.1. The summed E-state index contributed by atoms with van der Waals surface area (Å²) >= 11 is 0. The van der Waals surface area contributed by atoms with Crippen LogP contribution in [0.15, 0.2) is 31.0 Å². The Hall–Kier alpha value is -2.95. The van der Waals surface area contributed by atoms with Gasteiger partial charge in [-0.05, 0) is 12.5 Å². The van der Waals surface area contributed by atoms with E-state index >= 15 is 0 Å². The van der Waals surface area contributed by atoms with Crippen molar-refractivity contribution >= 4 is 16.9 Å². The summed E-state index contributed by atoms with van der Waals surface area (Å²) in [6.07, 6.45) is 2.59. The molecule has 4 rings (SSSR count). The number of nitrogens with zero attached hydrogens (tertiary/aromatic N) is 5. The second-order valence-corrected chi connectivity index (χ2v) is 6.39. The number of amides is 1. The number of carbonyl (C=O) groups excluding carboxylic acids is 1. The first-order valence-corrected chi connectivity index (χ1v) is 8.32. The average Bonchev–Trinajstić information content (AvgIpc) is 3.33. The van der Waals surface area contributed by atoms with E-state index in [9.17, 15) is 18.0 Å². The minimum absolute atomic E-state index is 0.142. The van der Waals surface area contributed by atoms with E-state index in [0.29, 0.717) is 17.5 Å². The van der Waals surface area contributed by atoms with Gasteiger partial charge in [-0.25, -0.2) is 15.0 Å². The molecule has 0 aromatic carbocycles. The van der Waals surface area contributed by atoms with Gasteiger partial charge in [0.05, 0.1) is 17.6 Å². The van der Waals surface area contributed by atoms with E-state index < -0.39 is 18.6 Å². The summed E-state index contributed by atoms with van der Waals surface area (Å²) in [5.41, 5.74) is 1.17. The number of imidazole rings is 1. The van der Waals surface area contributed by atoms with Crippen LogP contribution in [0.3, 0.4) is 0 Å². The van der Waals surface area contributed by atoms with Crippen molar-refractivity contribution in [1.82, 2.24) is 34.7 Å². The Bertz CT molecular complexity index is 951. The highest BCUT2D eigenvalue weighted by atomic mass is 19.4. The van der Waals surface area contributed by atoms with E-state index in [-0.39, 0.29) is 30.8 Å². The van der Waals surface area contributed by atoms with Crippen LogP contribution in [0.25, 0.3) is 17.0 Å². The van der Waals surface area contributed by atoms with Crippen LogP contribution in [0.4, 0.5) is 13.2 Å². The predicted octanol–water partition coefficient (Wildman–Crippen LogP) is 1.51. The van der Waals surface area contributed by atoms with E-state index in [2.05, 4.69) is 25.3 Å². The van der Waals surface area contributed by atoms with Crippen LogP contribution >= 0.6 is 0 Å². The summed E-state index contributed by atoms with van der Waals surface area (Å²) in [6, 6.07) is 1.35. The molecule has 1 atom stereocenters. The van der Waals surface area contributed by atoms with E-state index in [4.69, 9.17) is 0 Å². The third-order valence-electron chi connectivity index (χ3n) is 4.35. The van der Waals surface area contributed by atoms with Crippen LogP contribution in [-0.2, 0) is 0 Å². The van der Waals surface area contributed by atoms with Crippen molar-refractivity contribution in [3.05, 3.63) is 36.7 Å². The number of aromatic amines is 1. The molecule has 27 heavy (non-hydrogen) atoms. The maximum absolute atomic E-state index is 12.7. The van der Waals surface area contributed by atoms with Crippen LogP contribution in [0, 0.1) is 0 Å². The zero-order chi connectivity index (χ0) is 19.0. The lowest BCUT2D eigenvalue weighted by Gasteiger charge is -2.18. The Balaban J connectivity index is 1.54. The van der Waals surface area contributed by atoms with Gasteiger partial charge in [0.2, 0.25) is 5.95 Å². The highest BCUT2D eigenvalue weighted by Gasteiger charge is 2.35. The number of likely N-dealkylation sites (tertiary alicyclic amines) is 1. The SMILES string of the molecule is O=C(NC1CCN(CC(F)(F)F)C1)c1nc(-n2ccnc2)nc2cc[nH]c12. The number of hydrogen-bond acceptors (Lipinski definition) is 5. The van der Waals surface area contributed by atoms with Gasteiger partial charge in [-0.3, -0.25) is 14.3 Å². The molecule has 11 heteroatoms. The number of halogens is 3. The fraction of sp³-hybridized carbons (Fsp3) is 0.375. The van der Waals surface area contributed by atoms with Gasteiger partial charge in [-0.2, -0.15) is 13.2 Å². The zero-order valence-electron chi connectivity index (χ0n) is 14.1. The monoisotopic (exact) mass is 379 g/mol. The molecule has 0 aliphatic carbocycles. The molecule has 4 heterocycles. The smallest absolute Gasteiger partial charge is 0.358 e. The number of aromatic nitrogens is 5. The number of nitrogens with one attached hydrogen (secondary N) is 2. The van der Waals surface area contributed by atoms with Crippen molar-refractivity contribution in [2.24, 2.45) is 0 Å². The molecule has 0 spiro atoms. The van der Waals surface area contributed by atoms with Gasteiger partial charge in [0.15, 0.2) is 5.69 Å². The summed E-state index contributed by atoms with van der Waals surface area (Å²) in [5, 5.41) is 2.78. The molecule has 1 aliphatic heterocycles. The van der Waals surface area contributed by atoms with Crippen LogP contribution in [0.5, 0.6) is 0 Å². The lowest BCUT2D eigenvalue weighted by molar-refractivity contribution is -0.143. The first-order chi connectivity index (χ1) is 12.9. The van der Waals surface area contributed by atoms with Gasteiger partial charge in [0.1, 0.15) is 6.33 Å². The summed E-state index contributed by atoms with van der Waals surface area (Å²) in [4.78, 5) is 29.6. The van der Waals surface area contributed by atoms with Crippen LogP contribution in [0.1, 0.15) is 16.9 Å². The Labute approximate surface area is 151 Å². The van der Waals surface area contributed by atoms with Crippen molar-refractivity contribution in [3.8, 4) is 5.95 Å². The van der Waals surface area contributed by atoms with E-state index in [0.717, 1.165) is 0 Å². The first kappa shape index (κ1) is 17.5. The van der Waals surface area contributed by atoms with Gasteiger partial charge >= 0.3 is 6.18 Å². The minimum atomic E-state index is -4.25. The molecule has 0 saturated carbocycles. The van der Waals surface area contributed by atoms with E-state index in [1.807, 2.05) is 0 Å². The van der Waals surface area contributed by atoms with Gasteiger partial charge in [-0.15, -0.1) is 0 Å². The van der Waals surface area contributed by atoms with Gasteiger partial charge in [-0.1, -0.05) is 0 Å². The molecule has 142 valence electrons. The molecule has 8 nitrogen and oxygen atoms in total. The van der Waals surface area contributed by atoms with E-state index in [1.54, 1.807) is 29.2 Å². The summed E-state index contributed by atoms with van der Waals surface area (Å²) in [5.74, 6) is -0.167. The van der Waals surface area contributed by atoms with Crippen molar-refractivity contribution in [1.29, 1.82) is 0 Å². The number of fused-ring (bicyclic) bond motifs is 1. The van der Waals surface area contributed by atoms with Crippen LogP contribution in [0.2, 0.25) is 0 Å². The number of carbonyl (C=O) groups is 1. The van der Waals surface area contributed by atoms with Gasteiger partial charge in [0.25, 0.3) is 5.91 Å². The molecule has 1 fully saturated rings. The van der Waals surface area contributed by atoms with Crippen molar-refractivity contribution < 1.29 is 18.0 Å². The summed E-state index contributed by atoms with van der Waals surface area (Å²) in [6.45, 7) is -0.538. The lowest BCUT2D eigenvalue weighted by atomic mass is 10.2. The number of alkyl halides is 3. The molecule has 3 aromatic rings. The Morgan fingerprint density at radius 2 is 2.22 bits per heavy atom. The van der Waals surface area contributed by atoms with Crippen LogP contribution in [-0.4, -0.2) is 67.2 Å². The molecule has 2 N–H and O–H groups in total. The lowest BCUT2D eigenvalue weighted by Crippen LogP contribution is -2.39. The highest BCUT2D eigenvalue weighted by Crippen LogP contribution is 2.21. The molecule has 1 amide bonds. The second-order valence-electron chi connectivity index (χ2n) is 6.39. The normalized spacial score (nSPS) is 18.3. The Morgan fingerprint density at radius 3 is 2.96 bits per heavy atom. The standard InChI is InChI=1S/C16H16F3N7O/c17-16(18,19)8-25-5-2-10(7-25)22-14(27)13-12-11(1-3-21-12)23-15(24-13)26-6-4-20-9-26/h1,3-4,6,9-10,21H,2,5,7-8H2,(H,22,27). The molecule has 0 radical (unpaired) electrons. The molecule has 0 bridgehead atoms. The summed E-state index contributed by atoms with van der Waals surface area (Å²) in [7, 11) is 0. The number of hydrogen-bond donors (Lipinski definition) is 2. The molecule has 1 aliphatic rings. The van der Waals surface area contributed by atoms with Gasteiger partial charge < -0.3 is 10.3 Å². The van der Waals surface area contributed by atoms with Crippen LogP contribution < -0.4 is 5.32 Å². The maximum atomic E-state index is 12.7. The third-order valence-corrected chi connectivity index (χ3v) is 4.35. The topological polar surface area (TPSA) is 91.7 Å². The minimum Gasteiger partial charge on any atom is -0.358 e. The highest BCUT2D eigenvalue weighted by molar-refractivity contribution is 6.03. The molecule has 1 saturated heterocycles. The number of H-pyrrole nitrogens is 1. The Kier molecular flexibility index (Phi) is 4.30. The molecular weight excluding hydrogens is 363 g/mol. The first-order valence-electron chi connectivity index (χ1n) is 8.32. The van der Waals surface area contributed by atoms with Crippen molar-refractivity contribution in [3.63, 3.8) is 0 Å².